The number of hydrogen-bond donors (Lipinski definition) is 1. The third kappa shape index (κ3) is 2.53. The van der Waals surface area contributed by atoms with Gasteiger partial charge in [0, 0.05) is 31.8 Å². The molecule has 0 bridgehead atoms. The topological polar surface area (TPSA) is 70.0 Å². The highest BCUT2D eigenvalue weighted by Crippen LogP contribution is 2.49. The number of nitrogens with two attached hydrogens (primary N) is 1. The minimum absolute atomic E-state index is 0.0677. The van der Waals surface area contributed by atoms with E-state index in [9.17, 15) is 9.59 Å². The summed E-state index contributed by atoms with van der Waals surface area (Å²) in [6, 6.07) is 1.43. The summed E-state index contributed by atoms with van der Waals surface area (Å²) >= 11 is 4.92. The predicted octanol–water partition coefficient (Wildman–Crippen LogP) is 0.486. The van der Waals surface area contributed by atoms with Crippen molar-refractivity contribution in [3.63, 3.8) is 0 Å². The zero-order valence-corrected chi connectivity index (χ0v) is 11.2. The van der Waals surface area contributed by atoms with Crippen LogP contribution >= 0.6 is 12.2 Å². The highest BCUT2D eigenvalue weighted by atomic mass is 32.1. The molecule has 1 aromatic heterocycles. The summed E-state index contributed by atoms with van der Waals surface area (Å²) < 4.78 is 2.83. The number of aromatic nitrogens is 2. The first-order valence-electron chi connectivity index (χ1n) is 6.06. The second-order valence-electron chi connectivity index (χ2n) is 4.95. The van der Waals surface area contributed by atoms with E-state index in [1.165, 1.54) is 21.4 Å². The van der Waals surface area contributed by atoms with Crippen LogP contribution in [0.5, 0.6) is 0 Å². The second-order valence-corrected chi connectivity index (χ2v) is 5.48. The molecule has 1 fully saturated rings. The third-order valence-electron chi connectivity index (χ3n) is 3.48. The van der Waals surface area contributed by atoms with E-state index in [2.05, 4.69) is 0 Å². The van der Waals surface area contributed by atoms with Crippen LogP contribution in [-0.4, -0.2) is 14.1 Å². The lowest BCUT2D eigenvalue weighted by Gasteiger charge is -2.16. The zero-order chi connectivity index (χ0) is 13.3. The van der Waals surface area contributed by atoms with Crippen molar-refractivity contribution in [3.05, 3.63) is 33.1 Å². The van der Waals surface area contributed by atoms with Gasteiger partial charge in [0.15, 0.2) is 0 Å². The van der Waals surface area contributed by atoms with E-state index in [-0.39, 0.29) is 16.7 Å². The Morgan fingerprint density at radius 1 is 1.50 bits per heavy atom. The Bertz CT molecular complexity index is 584. The zero-order valence-electron chi connectivity index (χ0n) is 10.4. The van der Waals surface area contributed by atoms with Gasteiger partial charge in [-0.3, -0.25) is 9.36 Å². The molecule has 1 aliphatic rings. The number of hydrogen-bond acceptors (Lipinski definition) is 3. The van der Waals surface area contributed by atoms with Gasteiger partial charge in [-0.1, -0.05) is 12.2 Å². The van der Waals surface area contributed by atoms with Crippen LogP contribution in [0.15, 0.2) is 21.9 Å². The summed E-state index contributed by atoms with van der Waals surface area (Å²) in [4.78, 5) is 24.3. The molecule has 0 unspecified atom stereocenters. The summed E-state index contributed by atoms with van der Waals surface area (Å²) in [5.74, 6) is 0. The molecule has 1 aromatic rings. The molecule has 0 saturated heterocycles. The average molecular weight is 267 g/mol. The smallest absolute Gasteiger partial charge is 0.330 e. The highest BCUT2D eigenvalue weighted by Gasteiger charge is 2.43. The maximum Gasteiger partial charge on any atom is 0.330 e. The lowest BCUT2D eigenvalue weighted by molar-refractivity contribution is 0.407. The van der Waals surface area contributed by atoms with Gasteiger partial charge >= 0.3 is 5.69 Å². The van der Waals surface area contributed by atoms with Crippen LogP contribution < -0.4 is 17.0 Å². The molecule has 1 heterocycles. The van der Waals surface area contributed by atoms with Crippen LogP contribution in [0.2, 0.25) is 0 Å². The Hall–Kier alpha value is -1.43. The van der Waals surface area contributed by atoms with Gasteiger partial charge in [0.1, 0.15) is 0 Å². The van der Waals surface area contributed by atoms with Crippen LogP contribution in [0.3, 0.4) is 0 Å². The fourth-order valence-electron chi connectivity index (χ4n) is 2.22. The number of aryl methyl sites for hydroxylation is 1. The molecule has 1 saturated carbocycles. The monoisotopic (exact) mass is 267 g/mol. The van der Waals surface area contributed by atoms with E-state index in [0.717, 1.165) is 12.8 Å². The van der Waals surface area contributed by atoms with Crippen molar-refractivity contribution >= 4 is 17.2 Å². The van der Waals surface area contributed by atoms with Gasteiger partial charge in [0.2, 0.25) is 0 Å². The first-order chi connectivity index (χ1) is 8.47. The molecule has 0 atom stereocenters. The maximum absolute atomic E-state index is 12.1. The Balaban J connectivity index is 2.32. The molecule has 6 heteroatoms. The lowest BCUT2D eigenvalue weighted by atomic mass is 10.0. The van der Waals surface area contributed by atoms with E-state index in [4.69, 9.17) is 18.0 Å². The van der Waals surface area contributed by atoms with E-state index >= 15 is 0 Å². The fourth-order valence-corrected chi connectivity index (χ4v) is 2.52. The summed E-state index contributed by atoms with van der Waals surface area (Å²) in [5.41, 5.74) is 5.00. The van der Waals surface area contributed by atoms with Crippen LogP contribution in [-0.2, 0) is 13.1 Å². The van der Waals surface area contributed by atoms with Crippen LogP contribution in [0.25, 0.3) is 0 Å². The van der Waals surface area contributed by atoms with Gasteiger partial charge in [-0.05, 0) is 25.2 Å². The van der Waals surface area contributed by atoms with Crippen molar-refractivity contribution in [1.82, 2.24) is 9.13 Å². The molecule has 0 amide bonds. The number of rotatable bonds is 5. The van der Waals surface area contributed by atoms with E-state index in [1.54, 1.807) is 0 Å². The summed E-state index contributed by atoms with van der Waals surface area (Å²) in [6.45, 7) is 2.85. The molecule has 5 nitrogen and oxygen atoms in total. The molecule has 0 spiro atoms. The van der Waals surface area contributed by atoms with Gasteiger partial charge in [0.25, 0.3) is 5.56 Å². The molecular weight excluding hydrogens is 250 g/mol. The normalized spacial score (nSPS) is 16.5. The Labute approximate surface area is 110 Å². The van der Waals surface area contributed by atoms with Crippen molar-refractivity contribution in [1.29, 1.82) is 0 Å². The summed E-state index contributed by atoms with van der Waals surface area (Å²) in [6.07, 6.45) is 4.08. The molecule has 2 N–H and O–H groups in total. The van der Waals surface area contributed by atoms with Crippen LogP contribution in [0, 0.1) is 5.41 Å². The second kappa shape index (κ2) is 4.68. The molecule has 0 aromatic carbocycles. The van der Waals surface area contributed by atoms with Crippen molar-refractivity contribution in [2.24, 2.45) is 11.1 Å². The van der Waals surface area contributed by atoms with Crippen molar-refractivity contribution in [3.8, 4) is 0 Å². The van der Waals surface area contributed by atoms with Gasteiger partial charge in [-0.2, -0.15) is 0 Å². The number of thiocarbonyl (C=S) groups is 1. The largest absolute Gasteiger partial charge is 0.393 e. The minimum atomic E-state index is -0.251. The predicted molar refractivity (Wildman–Crippen MR) is 73.7 cm³/mol. The summed E-state index contributed by atoms with van der Waals surface area (Å²) in [5, 5.41) is 0. The molecule has 0 aliphatic heterocycles. The Morgan fingerprint density at radius 3 is 2.67 bits per heavy atom. The van der Waals surface area contributed by atoms with Gasteiger partial charge in [0.05, 0.1) is 4.99 Å². The maximum atomic E-state index is 12.1. The minimum Gasteiger partial charge on any atom is -0.393 e. The van der Waals surface area contributed by atoms with Gasteiger partial charge in [-0.25, -0.2) is 4.79 Å². The van der Waals surface area contributed by atoms with Crippen molar-refractivity contribution in [2.45, 2.75) is 39.3 Å². The molecule has 1 aliphatic carbocycles. The lowest BCUT2D eigenvalue weighted by Crippen LogP contribution is -2.41. The molecule has 2 rings (SSSR count). The third-order valence-corrected chi connectivity index (χ3v) is 3.62. The number of nitrogens with zero attached hydrogens (tertiary/aromatic N) is 2. The molecule has 0 radical (unpaired) electrons. The first-order valence-corrected chi connectivity index (χ1v) is 6.47. The molecule has 98 valence electrons. The van der Waals surface area contributed by atoms with Crippen LogP contribution in [0.1, 0.15) is 26.2 Å². The average Bonchev–Trinajstić information content (AvgIpc) is 3.04. The Morgan fingerprint density at radius 2 is 2.17 bits per heavy atom. The summed E-state index contributed by atoms with van der Waals surface area (Å²) in [7, 11) is 0. The van der Waals surface area contributed by atoms with E-state index < -0.39 is 0 Å². The van der Waals surface area contributed by atoms with Crippen molar-refractivity contribution < 1.29 is 0 Å². The fraction of sp³-hybridized carbons (Fsp3) is 0.583. The van der Waals surface area contributed by atoms with Crippen molar-refractivity contribution in [2.75, 3.05) is 0 Å². The SMILES string of the molecule is CCn1ccc(=O)n(CC2(CC(N)=S)CC2)c1=O. The first kappa shape index (κ1) is 13.0. The van der Waals surface area contributed by atoms with E-state index in [0.29, 0.717) is 24.5 Å². The van der Waals surface area contributed by atoms with E-state index in [1.807, 2.05) is 6.92 Å². The Kier molecular flexibility index (Phi) is 3.38. The standard InChI is InChI=1S/C12H17N3O2S/c1-2-14-6-3-10(16)15(11(14)17)8-12(4-5-12)7-9(13)18/h3,6H,2,4-5,7-8H2,1H3,(H2,13,18). The molecular formula is C12H17N3O2S. The molecule has 18 heavy (non-hydrogen) atoms. The highest BCUT2D eigenvalue weighted by molar-refractivity contribution is 7.80. The van der Waals surface area contributed by atoms with Gasteiger partial charge < -0.3 is 10.3 Å². The van der Waals surface area contributed by atoms with Crippen LogP contribution in [0.4, 0.5) is 0 Å². The van der Waals surface area contributed by atoms with Gasteiger partial charge in [-0.15, -0.1) is 0 Å². The quantitative estimate of drug-likeness (QED) is 0.788.